The molecule has 2 unspecified atom stereocenters. The molecular formula is C14H14N2O4. The summed E-state index contributed by atoms with van der Waals surface area (Å²) in [6, 6.07) is 8.81. The van der Waals surface area contributed by atoms with Crippen molar-refractivity contribution in [1.29, 1.82) is 0 Å². The van der Waals surface area contributed by atoms with Crippen LogP contribution in [0.15, 0.2) is 42.5 Å². The number of amides is 2. The second-order valence-corrected chi connectivity index (χ2v) is 4.56. The first-order chi connectivity index (χ1) is 9.70. The van der Waals surface area contributed by atoms with Crippen LogP contribution in [0.2, 0.25) is 0 Å². The van der Waals surface area contributed by atoms with Gasteiger partial charge in [0, 0.05) is 5.56 Å². The Bertz CT molecular complexity index is 558. The summed E-state index contributed by atoms with van der Waals surface area (Å²) in [6.45, 7) is 0.381. The van der Waals surface area contributed by atoms with E-state index in [0.717, 1.165) is 0 Å². The fourth-order valence-electron chi connectivity index (χ4n) is 2.35. The number of methoxy groups -OCH3 is 1. The minimum absolute atomic E-state index is 0.279. The number of hydrogen-bond acceptors (Lipinski definition) is 4. The number of hydrogen-bond donors (Lipinski definition) is 0. The Morgan fingerprint density at radius 1 is 1.25 bits per heavy atom. The Kier molecular flexibility index (Phi) is 3.15. The molecule has 1 fully saturated rings. The molecule has 0 N–H and O–H groups in total. The first kappa shape index (κ1) is 12.7. The van der Waals surface area contributed by atoms with E-state index in [0.29, 0.717) is 12.1 Å². The zero-order valence-electron chi connectivity index (χ0n) is 10.9. The molecule has 2 atom stereocenters. The zero-order chi connectivity index (χ0) is 14.1. The lowest BCUT2D eigenvalue weighted by atomic mass is 10.1. The second-order valence-electron chi connectivity index (χ2n) is 4.56. The molecule has 6 nitrogen and oxygen atoms in total. The van der Waals surface area contributed by atoms with E-state index in [1.807, 2.05) is 12.1 Å². The van der Waals surface area contributed by atoms with Crippen molar-refractivity contribution in [3.63, 3.8) is 0 Å². The normalized spacial score (nSPS) is 23.9. The van der Waals surface area contributed by atoms with E-state index in [9.17, 15) is 9.59 Å². The monoisotopic (exact) mass is 274 g/mol. The van der Waals surface area contributed by atoms with Gasteiger partial charge in [0.25, 0.3) is 5.91 Å². The number of benzene rings is 1. The van der Waals surface area contributed by atoms with Crippen molar-refractivity contribution in [2.45, 2.75) is 12.3 Å². The molecule has 2 bridgehead atoms. The number of carbonyl (C=O) groups is 2. The summed E-state index contributed by atoms with van der Waals surface area (Å²) in [4.78, 5) is 31.2. The van der Waals surface area contributed by atoms with Gasteiger partial charge in [-0.15, -0.1) is 0 Å². The summed E-state index contributed by atoms with van der Waals surface area (Å²) in [7, 11) is 1.32. The molecule has 0 saturated carbocycles. The lowest BCUT2D eigenvalue weighted by Gasteiger charge is -2.46. The molecule has 1 aromatic rings. The third kappa shape index (κ3) is 2.04. The van der Waals surface area contributed by atoms with Gasteiger partial charge in [-0.25, -0.2) is 4.79 Å². The number of rotatable bonds is 1. The average Bonchev–Trinajstić information content (AvgIpc) is 2.54. The van der Waals surface area contributed by atoms with Crippen LogP contribution in [0.25, 0.3) is 0 Å². The fourth-order valence-corrected chi connectivity index (χ4v) is 2.35. The highest BCUT2D eigenvalue weighted by molar-refractivity contribution is 5.94. The van der Waals surface area contributed by atoms with Crippen LogP contribution in [0, 0.1) is 0 Å². The third-order valence-corrected chi connectivity index (χ3v) is 3.31. The topological polar surface area (TPSA) is 59.1 Å². The Hall–Kier alpha value is -2.34. The molecule has 0 radical (unpaired) electrons. The van der Waals surface area contributed by atoms with Gasteiger partial charge in [-0.05, 0) is 18.2 Å². The summed E-state index contributed by atoms with van der Waals surface area (Å²) in [6.07, 6.45) is 2.25. The predicted molar refractivity (Wildman–Crippen MR) is 69.5 cm³/mol. The van der Waals surface area contributed by atoms with Crippen molar-refractivity contribution in [2.75, 3.05) is 13.7 Å². The standard InChI is InChI=1S/C14H14N2O4/c1-19-14(18)15-9-11-7-8-12(15)16(20-11)13(17)10-5-3-2-4-6-10/h2-8,11-12H,9H2,1H3. The van der Waals surface area contributed by atoms with Crippen LogP contribution in [0.1, 0.15) is 10.4 Å². The van der Waals surface area contributed by atoms with Gasteiger partial charge in [-0.1, -0.05) is 24.3 Å². The molecule has 1 saturated heterocycles. The van der Waals surface area contributed by atoms with Gasteiger partial charge in [0.05, 0.1) is 13.7 Å². The minimum atomic E-state index is -0.569. The van der Waals surface area contributed by atoms with Crippen LogP contribution < -0.4 is 0 Å². The first-order valence-electron chi connectivity index (χ1n) is 6.29. The summed E-state index contributed by atoms with van der Waals surface area (Å²) in [5.41, 5.74) is 0.512. The molecule has 6 heteroatoms. The van der Waals surface area contributed by atoms with Crippen LogP contribution in [0.5, 0.6) is 0 Å². The van der Waals surface area contributed by atoms with Crippen LogP contribution in [0.3, 0.4) is 0 Å². The summed E-state index contributed by atoms with van der Waals surface area (Å²) < 4.78 is 4.74. The van der Waals surface area contributed by atoms with Gasteiger partial charge in [-0.3, -0.25) is 14.5 Å². The van der Waals surface area contributed by atoms with E-state index in [1.54, 1.807) is 30.3 Å². The quantitative estimate of drug-likeness (QED) is 0.726. The Morgan fingerprint density at radius 3 is 2.65 bits per heavy atom. The second kappa shape index (κ2) is 4.97. The van der Waals surface area contributed by atoms with Crippen LogP contribution in [0.4, 0.5) is 4.79 Å². The van der Waals surface area contributed by atoms with Crippen LogP contribution >= 0.6 is 0 Å². The van der Waals surface area contributed by atoms with Crippen LogP contribution in [-0.2, 0) is 9.57 Å². The lowest BCUT2D eigenvalue weighted by Crippen LogP contribution is -2.62. The number of carbonyl (C=O) groups excluding carboxylic acids is 2. The number of ether oxygens (including phenoxy) is 1. The van der Waals surface area contributed by atoms with Crippen molar-refractivity contribution >= 4 is 12.0 Å². The Morgan fingerprint density at radius 2 is 2.00 bits per heavy atom. The van der Waals surface area contributed by atoms with E-state index in [-0.39, 0.29) is 12.0 Å². The van der Waals surface area contributed by atoms with E-state index in [4.69, 9.17) is 9.57 Å². The van der Waals surface area contributed by atoms with Crippen molar-refractivity contribution in [3.8, 4) is 0 Å². The first-order valence-corrected chi connectivity index (χ1v) is 6.29. The van der Waals surface area contributed by atoms with Crippen LogP contribution in [-0.4, -0.2) is 47.9 Å². The molecule has 0 spiro atoms. The zero-order valence-corrected chi connectivity index (χ0v) is 10.9. The van der Waals surface area contributed by atoms with E-state index < -0.39 is 12.3 Å². The molecule has 3 aliphatic rings. The smallest absolute Gasteiger partial charge is 0.411 e. The van der Waals surface area contributed by atoms with Crippen molar-refractivity contribution in [1.82, 2.24) is 9.96 Å². The molecule has 20 heavy (non-hydrogen) atoms. The van der Waals surface area contributed by atoms with Gasteiger partial charge in [0.1, 0.15) is 6.10 Å². The molecule has 1 aromatic carbocycles. The highest BCUT2D eigenvalue weighted by Crippen LogP contribution is 2.26. The van der Waals surface area contributed by atoms with E-state index in [1.165, 1.54) is 17.1 Å². The number of nitrogens with zero attached hydrogens (tertiary/aromatic N) is 2. The molecule has 0 aliphatic carbocycles. The lowest BCUT2D eigenvalue weighted by molar-refractivity contribution is -0.232. The van der Waals surface area contributed by atoms with Gasteiger partial charge in [0.15, 0.2) is 6.17 Å². The molecule has 104 valence electrons. The van der Waals surface area contributed by atoms with Gasteiger partial charge >= 0.3 is 6.09 Å². The van der Waals surface area contributed by atoms with E-state index >= 15 is 0 Å². The molecule has 3 aliphatic heterocycles. The SMILES string of the molecule is COC(=O)N1CC2C=CC1N(C(=O)c1ccccc1)O2. The molecule has 0 aromatic heterocycles. The third-order valence-electron chi connectivity index (χ3n) is 3.31. The number of fused-ring (bicyclic) bond motifs is 2. The minimum Gasteiger partial charge on any atom is -0.453 e. The fraction of sp³-hybridized carbons (Fsp3) is 0.286. The van der Waals surface area contributed by atoms with Gasteiger partial charge in [0.2, 0.25) is 0 Å². The molecule has 2 amide bonds. The Labute approximate surface area is 116 Å². The molecular weight excluding hydrogens is 260 g/mol. The molecule has 4 rings (SSSR count). The summed E-state index contributed by atoms with van der Waals surface area (Å²) >= 11 is 0. The Balaban J connectivity index is 1.86. The van der Waals surface area contributed by atoms with E-state index in [2.05, 4.69) is 0 Å². The highest BCUT2D eigenvalue weighted by Gasteiger charge is 2.42. The highest BCUT2D eigenvalue weighted by atomic mass is 16.7. The van der Waals surface area contributed by atoms with Gasteiger partial charge in [-0.2, -0.15) is 5.06 Å². The van der Waals surface area contributed by atoms with Crippen molar-refractivity contribution in [2.24, 2.45) is 0 Å². The number of hydroxylamine groups is 2. The van der Waals surface area contributed by atoms with Gasteiger partial charge < -0.3 is 4.74 Å². The maximum atomic E-state index is 12.4. The van der Waals surface area contributed by atoms with Crippen molar-refractivity contribution < 1.29 is 19.2 Å². The maximum absolute atomic E-state index is 12.4. The molecule has 3 heterocycles. The summed E-state index contributed by atoms with van der Waals surface area (Å²) in [5.74, 6) is -0.279. The van der Waals surface area contributed by atoms with Crippen molar-refractivity contribution in [3.05, 3.63) is 48.0 Å². The largest absolute Gasteiger partial charge is 0.453 e. The summed E-state index contributed by atoms with van der Waals surface area (Å²) in [5, 5.41) is 1.22. The maximum Gasteiger partial charge on any atom is 0.411 e. The average molecular weight is 274 g/mol. The predicted octanol–water partition coefficient (Wildman–Crippen LogP) is 1.41.